The normalized spacial score (nSPS) is 25.2. The van der Waals surface area contributed by atoms with Crippen LogP contribution in [-0.2, 0) is 0 Å². The van der Waals surface area contributed by atoms with Crippen molar-refractivity contribution in [1.82, 2.24) is 9.97 Å². The van der Waals surface area contributed by atoms with Gasteiger partial charge in [-0.15, -0.1) is 0 Å². The van der Waals surface area contributed by atoms with Crippen LogP contribution in [0.1, 0.15) is 35.4 Å². The van der Waals surface area contributed by atoms with Crippen LogP contribution < -0.4 is 10.6 Å². The second-order valence-electron chi connectivity index (χ2n) is 4.95. The molecule has 2 unspecified atom stereocenters. The molecule has 2 bridgehead atoms. The first-order valence-electron chi connectivity index (χ1n) is 6.25. The molecule has 92 valence electrons. The Kier molecular flexibility index (Phi) is 2.11. The van der Waals surface area contributed by atoms with E-state index >= 15 is 0 Å². The quantitative estimate of drug-likeness (QED) is 0.854. The minimum Gasteiger partial charge on any atom is -0.375 e. The first kappa shape index (κ1) is 10.3. The summed E-state index contributed by atoms with van der Waals surface area (Å²) >= 11 is 1.66. The average Bonchev–Trinajstić information content (AvgIpc) is 2.83. The van der Waals surface area contributed by atoms with Crippen LogP contribution in [0.3, 0.4) is 0 Å². The fraction of sp³-hybridized carbons (Fsp3) is 0.385. The second-order valence-corrected chi connectivity index (χ2v) is 6.01. The minimum absolute atomic E-state index is 0.460. The van der Waals surface area contributed by atoms with E-state index in [1.807, 2.05) is 12.4 Å². The summed E-state index contributed by atoms with van der Waals surface area (Å²) < 4.78 is 0. The zero-order valence-corrected chi connectivity index (χ0v) is 10.7. The highest BCUT2D eigenvalue weighted by atomic mass is 32.1. The summed E-state index contributed by atoms with van der Waals surface area (Å²) in [5.74, 6) is 0.548. The number of hydrogen-bond acceptors (Lipinski definition) is 5. The molecule has 2 aliphatic heterocycles. The fourth-order valence-electron chi connectivity index (χ4n) is 3.18. The summed E-state index contributed by atoms with van der Waals surface area (Å²) in [6.45, 7) is 1.06. The standard InChI is InChI=1S/C13H14N4S/c14-13-16-11-8-1-2-10(12(11)18-13)17(7-8)9-3-5-15-6-4-9/h3-6,8,10H,1-2,7H2,(H2,14,16). The number of nitrogens with zero attached hydrogens (tertiary/aromatic N) is 3. The molecule has 4 heterocycles. The molecule has 0 saturated carbocycles. The first-order chi connectivity index (χ1) is 8.83. The lowest BCUT2D eigenvalue weighted by molar-refractivity contribution is 0.389. The molecule has 5 heteroatoms. The maximum absolute atomic E-state index is 5.87. The van der Waals surface area contributed by atoms with Gasteiger partial charge in [-0.2, -0.15) is 0 Å². The molecule has 1 saturated heterocycles. The van der Waals surface area contributed by atoms with Crippen LogP contribution in [0.25, 0.3) is 0 Å². The Hall–Kier alpha value is -1.62. The van der Waals surface area contributed by atoms with Crippen molar-refractivity contribution >= 4 is 22.2 Å². The van der Waals surface area contributed by atoms with E-state index in [-0.39, 0.29) is 0 Å². The van der Waals surface area contributed by atoms with Gasteiger partial charge in [-0.05, 0) is 25.0 Å². The lowest BCUT2D eigenvalue weighted by Gasteiger charge is -2.45. The third-order valence-electron chi connectivity index (χ3n) is 3.96. The van der Waals surface area contributed by atoms with E-state index in [0.29, 0.717) is 17.1 Å². The predicted molar refractivity (Wildman–Crippen MR) is 72.8 cm³/mol. The van der Waals surface area contributed by atoms with Gasteiger partial charge >= 0.3 is 0 Å². The molecule has 5 rings (SSSR count). The Morgan fingerprint density at radius 2 is 2.11 bits per heavy atom. The number of anilines is 2. The van der Waals surface area contributed by atoms with Crippen molar-refractivity contribution in [2.24, 2.45) is 0 Å². The Labute approximate surface area is 109 Å². The topological polar surface area (TPSA) is 55.0 Å². The summed E-state index contributed by atoms with van der Waals surface area (Å²) in [6.07, 6.45) is 6.17. The van der Waals surface area contributed by atoms with Gasteiger partial charge in [0, 0.05) is 30.5 Å². The SMILES string of the molecule is Nc1nc2c(s1)C1CCC2CN1c1ccncc1. The molecule has 2 aromatic rings. The second kappa shape index (κ2) is 3.68. The number of rotatable bonds is 1. The van der Waals surface area contributed by atoms with Gasteiger partial charge in [0.25, 0.3) is 0 Å². The molecule has 1 aliphatic carbocycles. The molecule has 1 fully saturated rings. The smallest absolute Gasteiger partial charge is 0.180 e. The molecule has 4 nitrogen and oxygen atoms in total. The zero-order chi connectivity index (χ0) is 12.1. The summed E-state index contributed by atoms with van der Waals surface area (Å²) in [6, 6.07) is 4.64. The van der Waals surface area contributed by atoms with Gasteiger partial charge in [0.05, 0.1) is 16.6 Å². The van der Waals surface area contributed by atoms with Crippen molar-refractivity contribution in [3.05, 3.63) is 35.1 Å². The highest BCUT2D eigenvalue weighted by Gasteiger charge is 2.40. The van der Waals surface area contributed by atoms with Crippen LogP contribution >= 0.6 is 11.3 Å². The molecule has 18 heavy (non-hydrogen) atoms. The number of nitrogens with two attached hydrogens (primary N) is 1. The Balaban J connectivity index is 1.79. The maximum Gasteiger partial charge on any atom is 0.180 e. The van der Waals surface area contributed by atoms with Gasteiger partial charge in [-0.25, -0.2) is 4.98 Å². The van der Waals surface area contributed by atoms with Crippen LogP contribution in [-0.4, -0.2) is 16.5 Å². The Bertz CT molecular complexity index is 580. The van der Waals surface area contributed by atoms with Crippen molar-refractivity contribution < 1.29 is 0 Å². The summed E-state index contributed by atoms with van der Waals surface area (Å²) in [5, 5.41) is 0.716. The van der Waals surface area contributed by atoms with Crippen LogP contribution in [0, 0.1) is 0 Å². The van der Waals surface area contributed by atoms with Gasteiger partial charge in [-0.3, -0.25) is 4.98 Å². The van der Waals surface area contributed by atoms with Crippen LogP contribution in [0.5, 0.6) is 0 Å². The molecule has 2 N–H and O–H groups in total. The number of pyridine rings is 1. The number of fused-ring (bicyclic) bond motifs is 2. The van der Waals surface area contributed by atoms with Crippen LogP contribution in [0.2, 0.25) is 0 Å². The largest absolute Gasteiger partial charge is 0.375 e. The van der Waals surface area contributed by atoms with Gasteiger partial charge < -0.3 is 10.6 Å². The highest BCUT2D eigenvalue weighted by molar-refractivity contribution is 7.15. The van der Waals surface area contributed by atoms with Crippen molar-refractivity contribution in [2.75, 3.05) is 17.2 Å². The highest BCUT2D eigenvalue weighted by Crippen LogP contribution is 2.50. The van der Waals surface area contributed by atoms with Gasteiger partial charge in [0.15, 0.2) is 5.13 Å². The number of hydrogen-bond donors (Lipinski definition) is 1. The van der Waals surface area contributed by atoms with E-state index in [4.69, 9.17) is 5.73 Å². The lowest BCUT2D eigenvalue weighted by Crippen LogP contribution is -2.42. The molecule has 0 aromatic carbocycles. The third-order valence-corrected chi connectivity index (χ3v) is 4.96. The average molecular weight is 258 g/mol. The molecular weight excluding hydrogens is 244 g/mol. The van der Waals surface area contributed by atoms with E-state index in [1.54, 1.807) is 11.3 Å². The molecule has 0 radical (unpaired) electrons. The predicted octanol–water partition coefficient (Wildman–Crippen LogP) is 2.56. The number of piperidine rings is 1. The zero-order valence-electron chi connectivity index (χ0n) is 9.91. The van der Waals surface area contributed by atoms with E-state index < -0.39 is 0 Å². The van der Waals surface area contributed by atoms with Crippen molar-refractivity contribution in [1.29, 1.82) is 0 Å². The summed E-state index contributed by atoms with van der Waals surface area (Å²) in [4.78, 5) is 12.5. The number of thiazole rings is 1. The monoisotopic (exact) mass is 258 g/mol. The van der Waals surface area contributed by atoms with Crippen molar-refractivity contribution in [3.8, 4) is 0 Å². The van der Waals surface area contributed by atoms with Gasteiger partial charge in [0.1, 0.15) is 0 Å². The van der Waals surface area contributed by atoms with Crippen molar-refractivity contribution in [2.45, 2.75) is 24.8 Å². The molecular formula is C13H14N4S. The number of aromatic nitrogens is 2. The molecule has 3 aliphatic rings. The van der Waals surface area contributed by atoms with Crippen LogP contribution in [0.15, 0.2) is 24.5 Å². The summed E-state index contributed by atoms with van der Waals surface area (Å²) in [7, 11) is 0. The maximum atomic E-state index is 5.87. The molecule has 2 aromatic heterocycles. The summed E-state index contributed by atoms with van der Waals surface area (Å²) in [5.41, 5.74) is 8.40. The minimum atomic E-state index is 0.460. The Morgan fingerprint density at radius 3 is 2.94 bits per heavy atom. The van der Waals surface area contributed by atoms with Crippen LogP contribution in [0.4, 0.5) is 10.8 Å². The van der Waals surface area contributed by atoms with Gasteiger partial charge in [-0.1, -0.05) is 11.3 Å². The van der Waals surface area contributed by atoms with Crippen molar-refractivity contribution in [3.63, 3.8) is 0 Å². The molecule has 0 amide bonds. The van der Waals surface area contributed by atoms with E-state index in [1.165, 1.54) is 29.1 Å². The molecule has 0 spiro atoms. The van der Waals surface area contributed by atoms with E-state index in [9.17, 15) is 0 Å². The lowest BCUT2D eigenvalue weighted by atomic mass is 9.81. The third kappa shape index (κ3) is 1.37. The van der Waals surface area contributed by atoms with E-state index in [0.717, 1.165) is 6.54 Å². The van der Waals surface area contributed by atoms with Gasteiger partial charge in [0.2, 0.25) is 0 Å². The number of nitrogen functional groups attached to an aromatic ring is 1. The fourth-order valence-corrected chi connectivity index (χ4v) is 4.25. The first-order valence-corrected chi connectivity index (χ1v) is 7.07. The van der Waals surface area contributed by atoms with E-state index in [2.05, 4.69) is 27.0 Å². The Morgan fingerprint density at radius 1 is 1.28 bits per heavy atom. The molecule has 2 atom stereocenters.